The molecule has 146 valence electrons. The van der Waals surface area contributed by atoms with E-state index in [2.05, 4.69) is 27.3 Å². The van der Waals surface area contributed by atoms with Gasteiger partial charge in [0.1, 0.15) is 5.82 Å². The molecule has 1 saturated heterocycles. The number of nitrogens with one attached hydrogen (secondary N) is 1. The molecule has 1 aliphatic heterocycles. The molecule has 0 aliphatic carbocycles. The van der Waals surface area contributed by atoms with Gasteiger partial charge in [0.15, 0.2) is 5.82 Å². The predicted octanol–water partition coefficient (Wildman–Crippen LogP) is 3.02. The van der Waals surface area contributed by atoms with Gasteiger partial charge in [0, 0.05) is 30.1 Å². The van der Waals surface area contributed by atoms with Gasteiger partial charge >= 0.3 is 0 Å². The second-order valence-electron chi connectivity index (χ2n) is 7.04. The zero-order valence-corrected chi connectivity index (χ0v) is 16.5. The lowest BCUT2D eigenvalue weighted by Gasteiger charge is -2.17. The number of aryl methyl sites for hydroxylation is 1. The molecule has 6 nitrogen and oxygen atoms in total. The largest absolute Gasteiger partial charge is 0.338 e. The van der Waals surface area contributed by atoms with Crippen LogP contribution in [0.25, 0.3) is 11.4 Å². The number of aromatic amines is 1. The Labute approximate surface area is 170 Å². The highest BCUT2D eigenvalue weighted by molar-refractivity contribution is 5.95. The summed E-state index contributed by atoms with van der Waals surface area (Å²) in [5, 5.41) is 6.99. The van der Waals surface area contributed by atoms with Gasteiger partial charge in [-0.15, -0.1) is 12.4 Å². The Morgan fingerprint density at radius 1 is 1.14 bits per heavy atom. The fourth-order valence-corrected chi connectivity index (χ4v) is 3.77. The first-order chi connectivity index (χ1) is 13.2. The van der Waals surface area contributed by atoms with E-state index in [0.717, 1.165) is 11.4 Å². The lowest BCUT2D eigenvalue weighted by molar-refractivity contribution is 0.0786. The van der Waals surface area contributed by atoms with E-state index in [9.17, 15) is 4.79 Å². The first kappa shape index (κ1) is 20.0. The molecule has 3 N–H and O–H groups in total. The van der Waals surface area contributed by atoms with Crippen molar-refractivity contribution in [2.45, 2.75) is 12.8 Å². The second-order valence-corrected chi connectivity index (χ2v) is 7.04. The van der Waals surface area contributed by atoms with E-state index in [1.807, 2.05) is 54.3 Å². The molecule has 1 fully saturated rings. The molecule has 0 bridgehead atoms. The molecule has 0 radical (unpaired) electrons. The maximum atomic E-state index is 13.0. The topological polar surface area (TPSA) is 87.9 Å². The third-order valence-corrected chi connectivity index (χ3v) is 5.25. The minimum Gasteiger partial charge on any atom is -0.338 e. The normalized spacial score (nSPS) is 18.7. The Morgan fingerprint density at radius 3 is 2.46 bits per heavy atom. The smallest absolute Gasteiger partial charge is 0.253 e. The number of aromatic nitrogens is 3. The van der Waals surface area contributed by atoms with Crippen LogP contribution in [0.2, 0.25) is 0 Å². The van der Waals surface area contributed by atoms with Crippen LogP contribution in [0.1, 0.15) is 27.7 Å². The van der Waals surface area contributed by atoms with Crippen molar-refractivity contribution in [2.75, 3.05) is 19.6 Å². The van der Waals surface area contributed by atoms with Crippen LogP contribution in [0.5, 0.6) is 0 Å². The number of carbonyl (C=O) groups excluding carboxylic acids is 1. The van der Waals surface area contributed by atoms with E-state index >= 15 is 0 Å². The molecule has 2 aromatic carbocycles. The second kappa shape index (κ2) is 8.54. The predicted molar refractivity (Wildman–Crippen MR) is 111 cm³/mol. The molecule has 1 aliphatic rings. The number of nitrogens with zero attached hydrogens (tertiary/aromatic N) is 3. The number of carbonyl (C=O) groups is 1. The van der Waals surface area contributed by atoms with Crippen molar-refractivity contribution in [2.24, 2.45) is 11.7 Å². The molecule has 1 amide bonds. The molecule has 2 atom stereocenters. The molecular weight excluding hydrogens is 374 g/mol. The van der Waals surface area contributed by atoms with Gasteiger partial charge in [0.2, 0.25) is 0 Å². The number of benzene rings is 2. The van der Waals surface area contributed by atoms with Gasteiger partial charge in [-0.1, -0.05) is 42.5 Å². The summed E-state index contributed by atoms with van der Waals surface area (Å²) in [4.78, 5) is 19.2. The molecular formula is C21H24ClN5O. The highest BCUT2D eigenvalue weighted by Gasteiger charge is 2.35. The lowest BCUT2D eigenvalue weighted by Crippen LogP contribution is -2.29. The maximum absolute atomic E-state index is 13.0. The summed E-state index contributed by atoms with van der Waals surface area (Å²) in [7, 11) is 0. The summed E-state index contributed by atoms with van der Waals surface area (Å²) in [6.45, 7) is 3.83. The van der Waals surface area contributed by atoms with Gasteiger partial charge in [0.05, 0.1) is 0 Å². The van der Waals surface area contributed by atoms with Crippen molar-refractivity contribution in [3.63, 3.8) is 0 Å². The highest BCUT2D eigenvalue weighted by Crippen LogP contribution is 2.33. The Morgan fingerprint density at radius 2 is 1.86 bits per heavy atom. The van der Waals surface area contributed by atoms with E-state index in [1.165, 1.54) is 5.56 Å². The molecule has 0 unspecified atom stereocenters. The van der Waals surface area contributed by atoms with E-state index in [1.54, 1.807) is 0 Å². The van der Waals surface area contributed by atoms with Gasteiger partial charge in [-0.2, -0.15) is 5.10 Å². The van der Waals surface area contributed by atoms with Crippen molar-refractivity contribution in [1.29, 1.82) is 0 Å². The van der Waals surface area contributed by atoms with Crippen molar-refractivity contribution >= 4 is 18.3 Å². The van der Waals surface area contributed by atoms with E-state index in [0.29, 0.717) is 31.0 Å². The Kier molecular flexibility index (Phi) is 6.11. The molecule has 28 heavy (non-hydrogen) atoms. The summed E-state index contributed by atoms with van der Waals surface area (Å²) in [5.41, 5.74) is 8.81. The van der Waals surface area contributed by atoms with Crippen LogP contribution in [0.4, 0.5) is 0 Å². The fraction of sp³-hybridized carbons (Fsp3) is 0.286. The van der Waals surface area contributed by atoms with Crippen LogP contribution in [0.3, 0.4) is 0 Å². The molecule has 3 aromatic rings. The van der Waals surface area contributed by atoms with Crippen molar-refractivity contribution in [3.8, 4) is 11.4 Å². The Bertz CT molecular complexity index is 925. The average molecular weight is 398 g/mol. The van der Waals surface area contributed by atoms with Gasteiger partial charge in [-0.05, 0) is 37.1 Å². The van der Waals surface area contributed by atoms with Gasteiger partial charge in [-0.25, -0.2) is 4.98 Å². The highest BCUT2D eigenvalue weighted by atomic mass is 35.5. The van der Waals surface area contributed by atoms with Gasteiger partial charge in [0.25, 0.3) is 5.91 Å². The summed E-state index contributed by atoms with van der Waals surface area (Å²) >= 11 is 0. The number of amides is 1. The summed E-state index contributed by atoms with van der Waals surface area (Å²) in [6.07, 6.45) is 0. The molecule has 2 heterocycles. The quantitative estimate of drug-likeness (QED) is 0.708. The van der Waals surface area contributed by atoms with Crippen LogP contribution in [-0.2, 0) is 0 Å². The number of hydrogen-bond donors (Lipinski definition) is 2. The Balaban J connectivity index is 0.00000225. The average Bonchev–Trinajstić information content (AvgIpc) is 3.34. The minimum atomic E-state index is 0. The zero-order valence-electron chi connectivity index (χ0n) is 15.7. The van der Waals surface area contributed by atoms with Crippen molar-refractivity contribution in [3.05, 3.63) is 71.5 Å². The van der Waals surface area contributed by atoms with Crippen LogP contribution >= 0.6 is 12.4 Å². The van der Waals surface area contributed by atoms with E-state index in [4.69, 9.17) is 5.73 Å². The summed E-state index contributed by atoms with van der Waals surface area (Å²) in [5.74, 6) is 2.02. The summed E-state index contributed by atoms with van der Waals surface area (Å²) < 4.78 is 0. The molecule has 0 saturated carbocycles. The van der Waals surface area contributed by atoms with E-state index < -0.39 is 0 Å². The zero-order chi connectivity index (χ0) is 18.8. The number of H-pyrrole nitrogens is 1. The lowest BCUT2D eigenvalue weighted by atomic mass is 9.89. The van der Waals surface area contributed by atoms with Crippen molar-refractivity contribution < 1.29 is 4.79 Å². The summed E-state index contributed by atoms with van der Waals surface area (Å²) in [6, 6.07) is 17.8. The van der Waals surface area contributed by atoms with Crippen LogP contribution in [0.15, 0.2) is 54.6 Å². The molecule has 0 spiro atoms. The van der Waals surface area contributed by atoms with Gasteiger partial charge in [-0.3, -0.25) is 9.89 Å². The first-order valence-electron chi connectivity index (χ1n) is 9.19. The van der Waals surface area contributed by atoms with Crippen LogP contribution in [0, 0.1) is 12.8 Å². The SMILES string of the molecule is Cc1nc(-c2ccc(C(=O)N3C[C@@H](CN)[C@H](c4ccccc4)C3)cc2)n[nH]1.Cl. The monoisotopic (exact) mass is 397 g/mol. The van der Waals surface area contributed by atoms with E-state index in [-0.39, 0.29) is 30.2 Å². The number of halogens is 1. The molecule has 1 aromatic heterocycles. The first-order valence-corrected chi connectivity index (χ1v) is 9.19. The minimum absolute atomic E-state index is 0. The molecule has 7 heteroatoms. The third kappa shape index (κ3) is 3.93. The van der Waals surface area contributed by atoms with Crippen LogP contribution in [-0.4, -0.2) is 45.6 Å². The number of nitrogens with two attached hydrogens (primary N) is 1. The number of likely N-dealkylation sites (tertiary alicyclic amines) is 1. The van der Waals surface area contributed by atoms with Gasteiger partial charge < -0.3 is 10.6 Å². The molecule has 4 rings (SSSR count). The van der Waals surface area contributed by atoms with Crippen molar-refractivity contribution in [1.82, 2.24) is 20.1 Å². The maximum Gasteiger partial charge on any atom is 0.253 e. The van der Waals surface area contributed by atoms with Crippen LogP contribution < -0.4 is 5.73 Å². The number of hydrogen-bond acceptors (Lipinski definition) is 4. The number of rotatable bonds is 4. The standard InChI is InChI=1S/C21H23N5O.ClH/c1-14-23-20(25-24-14)16-7-9-17(10-8-16)21(27)26-12-18(11-22)19(13-26)15-5-3-2-4-6-15;/h2-10,18-19H,11-13,22H2,1H3,(H,23,24,25);1H/t18-,19+;/m1./s1. The fourth-order valence-electron chi connectivity index (χ4n) is 3.77. The third-order valence-electron chi connectivity index (χ3n) is 5.25. The Hall–Kier alpha value is -2.70.